The van der Waals surface area contributed by atoms with E-state index in [0.717, 1.165) is 27.7 Å². The van der Waals surface area contributed by atoms with Crippen LogP contribution < -0.4 is 0 Å². The van der Waals surface area contributed by atoms with Crippen LogP contribution in [0.5, 0.6) is 0 Å². The predicted molar refractivity (Wildman–Crippen MR) is 60.5 cm³/mol. The second kappa shape index (κ2) is 3.50. The molecule has 0 saturated carbocycles. The molecule has 0 aromatic carbocycles. The zero-order chi connectivity index (χ0) is 10.3. The fourth-order valence-corrected chi connectivity index (χ4v) is 3.49. The molecule has 2 aromatic rings. The van der Waals surface area contributed by atoms with Crippen molar-refractivity contribution in [2.45, 2.75) is 19.3 Å². The van der Waals surface area contributed by atoms with Crippen molar-refractivity contribution in [2.24, 2.45) is 0 Å². The van der Waals surface area contributed by atoms with Gasteiger partial charge in [0.15, 0.2) is 15.8 Å². The lowest BCUT2D eigenvalue weighted by atomic mass is 10.0. The van der Waals surface area contributed by atoms with Crippen molar-refractivity contribution in [3.8, 4) is 10.0 Å². The van der Waals surface area contributed by atoms with E-state index in [9.17, 15) is 4.79 Å². The highest BCUT2D eigenvalue weighted by Crippen LogP contribution is 2.33. The van der Waals surface area contributed by atoms with E-state index in [-0.39, 0.29) is 5.78 Å². The minimum absolute atomic E-state index is 0.190. The summed E-state index contributed by atoms with van der Waals surface area (Å²) in [6, 6.07) is 0. The highest BCUT2D eigenvalue weighted by molar-refractivity contribution is 7.20. The fraction of sp³-hybridized carbons (Fsp3) is 0.300. The molecule has 3 rings (SSSR count). The Morgan fingerprint density at radius 3 is 2.93 bits per heavy atom. The third-order valence-electron chi connectivity index (χ3n) is 2.38. The van der Waals surface area contributed by atoms with Crippen LogP contribution >= 0.6 is 22.7 Å². The molecule has 76 valence electrons. The van der Waals surface area contributed by atoms with Gasteiger partial charge < -0.3 is 0 Å². The number of carbonyl (C=O) groups excluding carboxylic acids is 1. The molecule has 0 saturated heterocycles. The molecule has 0 spiro atoms. The lowest BCUT2D eigenvalue weighted by molar-refractivity contribution is 0.0968. The first kappa shape index (κ1) is 9.18. The number of nitrogens with zero attached hydrogens (tertiary/aromatic N) is 2. The SMILES string of the molecule is O=C1CCCc2sc(-c3nccs3)nc21. The summed E-state index contributed by atoms with van der Waals surface area (Å²) in [4.78, 5) is 21.3. The van der Waals surface area contributed by atoms with Crippen LogP contribution in [-0.2, 0) is 6.42 Å². The number of thiazole rings is 2. The number of aryl methyl sites for hydroxylation is 1. The van der Waals surface area contributed by atoms with Gasteiger partial charge in [-0.2, -0.15) is 0 Å². The molecule has 1 aliphatic rings. The number of fused-ring (bicyclic) bond motifs is 1. The molecule has 5 heteroatoms. The van der Waals surface area contributed by atoms with Gasteiger partial charge >= 0.3 is 0 Å². The molecule has 0 aliphatic heterocycles. The van der Waals surface area contributed by atoms with Crippen LogP contribution in [0, 0.1) is 0 Å². The quantitative estimate of drug-likeness (QED) is 0.764. The van der Waals surface area contributed by atoms with Crippen molar-refractivity contribution < 1.29 is 4.79 Å². The van der Waals surface area contributed by atoms with Crippen molar-refractivity contribution in [3.05, 3.63) is 22.1 Å². The van der Waals surface area contributed by atoms with Gasteiger partial charge in [-0.05, 0) is 12.8 Å². The maximum Gasteiger partial charge on any atom is 0.182 e. The zero-order valence-electron chi connectivity index (χ0n) is 7.90. The summed E-state index contributed by atoms with van der Waals surface area (Å²) in [6.07, 6.45) is 4.37. The molecule has 3 nitrogen and oxygen atoms in total. The molecule has 1 aliphatic carbocycles. The number of rotatable bonds is 1. The smallest absolute Gasteiger partial charge is 0.182 e. The largest absolute Gasteiger partial charge is 0.292 e. The molecule has 0 unspecified atom stereocenters. The Kier molecular flexibility index (Phi) is 2.14. The van der Waals surface area contributed by atoms with Gasteiger partial charge in [0.05, 0.1) is 0 Å². The van der Waals surface area contributed by atoms with Gasteiger partial charge in [-0.25, -0.2) is 9.97 Å². The van der Waals surface area contributed by atoms with E-state index in [1.807, 2.05) is 5.38 Å². The number of hydrogen-bond donors (Lipinski definition) is 0. The van der Waals surface area contributed by atoms with Crippen molar-refractivity contribution in [2.75, 3.05) is 0 Å². The van der Waals surface area contributed by atoms with Gasteiger partial charge in [0, 0.05) is 22.9 Å². The summed E-state index contributed by atoms with van der Waals surface area (Å²) < 4.78 is 0. The van der Waals surface area contributed by atoms with E-state index >= 15 is 0 Å². The maximum atomic E-state index is 11.6. The molecular weight excluding hydrogens is 228 g/mol. The Morgan fingerprint density at radius 1 is 1.27 bits per heavy atom. The molecular formula is C10H8N2OS2. The summed E-state index contributed by atoms with van der Waals surface area (Å²) >= 11 is 3.18. The maximum absolute atomic E-state index is 11.6. The average molecular weight is 236 g/mol. The van der Waals surface area contributed by atoms with Gasteiger partial charge in [0.25, 0.3) is 0 Å². The molecule has 0 amide bonds. The summed E-state index contributed by atoms with van der Waals surface area (Å²) in [7, 11) is 0. The first-order chi connectivity index (χ1) is 7.34. The van der Waals surface area contributed by atoms with Crippen LogP contribution in [0.15, 0.2) is 11.6 Å². The summed E-state index contributed by atoms with van der Waals surface area (Å²) in [5.74, 6) is 0.190. The van der Waals surface area contributed by atoms with Gasteiger partial charge in [-0.15, -0.1) is 22.7 Å². The Balaban J connectivity index is 2.09. The second-order valence-electron chi connectivity index (χ2n) is 3.40. The normalized spacial score (nSPS) is 15.3. The van der Waals surface area contributed by atoms with Crippen LogP contribution in [-0.4, -0.2) is 15.8 Å². The van der Waals surface area contributed by atoms with Crippen LogP contribution in [0.3, 0.4) is 0 Å². The summed E-state index contributed by atoms with van der Waals surface area (Å²) in [5.41, 5.74) is 0.691. The number of Topliss-reactive ketones (excluding diaryl/α,β-unsaturated/α-hetero) is 1. The first-order valence-electron chi connectivity index (χ1n) is 4.77. The van der Waals surface area contributed by atoms with Crippen LogP contribution in [0.2, 0.25) is 0 Å². The molecule has 15 heavy (non-hydrogen) atoms. The van der Waals surface area contributed by atoms with Gasteiger partial charge in [-0.1, -0.05) is 0 Å². The van der Waals surface area contributed by atoms with Crippen molar-refractivity contribution >= 4 is 28.5 Å². The monoisotopic (exact) mass is 236 g/mol. The highest BCUT2D eigenvalue weighted by atomic mass is 32.1. The zero-order valence-corrected chi connectivity index (χ0v) is 9.53. The molecule has 0 radical (unpaired) electrons. The van der Waals surface area contributed by atoms with Gasteiger partial charge in [-0.3, -0.25) is 4.79 Å². The van der Waals surface area contributed by atoms with Crippen LogP contribution in [0.4, 0.5) is 0 Å². The predicted octanol–water partition coefficient (Wildman–Crippen LogP) is 2.79. The van der Waals surface area contributed by atoms with Crippen molar-refractivity contribution in [3.63, 3.8) is 0 Å². The van der Waals surface area contributed by atoms with Gasteiger partial charge in [0.1, 0.15) is 5.69 Å². The molecule has 0 bridgehead atoms. The lowest BCUT2D eigenvalue weighted by Gasteiger charge is -2.06. The minimum atomic E-state index is 0.190. The molecule has 0 N–H and O–H groups in total. The van der Waals surface area contributed by atoms with E-state index < -0.39 is 0 Å². The number of aromatic nitrogens is 2. The fourth-order valence-electron chi connectivity index (χ4n) is 1.69. The first-order valence-corrected chi connectivity index (χ1v) is 6.47. The van der Waals surface area contributed by atoms with E-state index in [0.29, 0.717) is 12.1 Å². The van der Waals surface area contributed by atoms with Gasteiger partial charge in [0.2, 0.25) is 0 Å². The Hall–Kier alpha value is -1.07. The molecule has 2 aromatic heterocycles. The topological polar surface area (TPSA) is 42.9 Å². The van der Waals surface area contributed by atoms with Crippen molar-refractivity contribution in [1.29, 1.82) is 0 Å². The minimum Gasteiger partial charge on any atom is -0.292 e. The molecule has 0 fully saturated rings. The second-order valence-corrected chi connectivity index (χ2v) is 5.38. The Labute approximate surface area is 94.8 Å². The van der Waals surface area contributed by atoms with E-state index in [4.69, 9.17) is 0 Å². The summed E-state index contributed by atoms with van der Waals surface area (Å²) in [5, 5.41) is 3.74. The highest BCUT2D eigenvalue weighted by Gasteiger charge is 2.23. The number of hydrogen-bond acceptors (Lipinski definition) is 5. The van der Waals surface area contributed by atoms with Crippen LogP contribution in [0.1, 0.15) is 28.2 Å². The van der Waals surface area contributed by atoms with E-state index in [2.05, 4.69) is 9.97 Å². The van der Waals surface area contributed by atoms with Crippen LogP contribution in [0.25, 0.3) is 10.0 Å². The van der Waals surface area contributed by atoms with E-state index in [1.165, 1.54) is 0 Å². The third-order valence-corrected chi connectivity index (χ3v) is 4.42. The molecule has 0 atom stereocenters. The average Bonchev–Trinajstić information content (AvgIpc) is 2.86. The van der Waals surface area contributed by atoms with Crippen molar-refractivity contribution in [1.82, 2.24) is 9.97 Å². The lowest BCUT2D eigenvalue weighted by Crippen LogP contribution is -2.08. The Bertz CT molecular complexity index is 501. The summed E-state index contributed by atoms with van der Waals surface area (Å²) in [6.45, 7) is 0. The standard InChI is InChI=1S/C10H8N2OS2/c13-6-2-1-3-7-8(6)12-10(15-7)9-11-4-5-14-9/h4-5H,1-3H2. The third kappa shape index (κ3) is 1.52. The molecule has 2 heterocycles. The number of ketones is 1. The number of carbonyl (C=O) groups is 1. The van der Waals surface area contributed by atoms with E-state index in [1.54, 1.807) is 28.9 Å². The Morgan fingerprint density at radius 2 is 2.20 bits per heavy atom.